The first-order valence-electron chi connectivity index (χ1n) is 13.6. The minimum atomic E-state index is -0.344. The lowest BCUT2D eigenvalue weighted by Crippen LogP contribution is -2.47. The van der Waals surface area contributed by atoms with Crippen molar-refractivity contribution < 1.29 is 14.3 Å². The molecule has 1 aliphatic heterocycles. The van der Waals surface area contributed by atoms with Gasteiger partial charge in [0, 0.05) is 55.5 Å². The zero-order chi connectivity index (χ0) is 29.8. The first kappa shape index (κ1) is 29.5. The van der Waals surface area contributed by atoms with Crippen LogP contribution in [0, 0.1) is 0 Å². The molecule has 1 saturated heterocycles. The van der Waals surface area contributed by atoms with Crippen LogP contribution in [0.15, 0.2) is 58.3 Å². The number of nitrogens with one attached hydrogen (secondary N) is 1. The normalized spacial score (nSPS) is 13.1. The van der Waals surface area contributed by atoms with Gasteiger partial charge in [-0.05, 0) is 51.1 Å². The standard InChI is InChI=1S/C31H32ClN5O4S/c1-5-41-21-7-8-24(32)27(15-21)37-26(14-19(2)3)22(30(38)36-12-10-33-11-13-36)16-23(31(37)39)29-35-25(18-42-29)20-6-9-28(40-4)34-17-20/h6-9,14-18,33H,5,10-13H2,1-4H3. The summed E-state index contributed by atoms with van der Waals surface area (Å²) in [5.41, 5.74) is 3.60. The molecule has 1 amide bonds. The second-order valence-electron chi connectivity index (χ2n) is 9.93. The van der Waals surface area contributed by atoms with E-state index in [1.807, 2.05) is 38.3 Å². The van der Waals surface area contributed by atoms with E-state index in [0.29, 0.717) is 82.6 Å². The molecule has 42 heavy (non-hydrogen) atoms. The van der Waals surface area contributed by atoms with Crippen LogP contribution in [0.4, 0.5) is 0 Å². The Labute approximate surface area is 253 Å². The van der Waals surface area contributed by atoms with Crippen molar-refractivity contribution in [2.75, 3.05) is 39.9 Å². The van der Waals surface area contributed by atoms with E-state index < -0.39 is 0 Å². The van der Waals surface area contributed by atoms with Crippen molar-refractivity contribution in [3.8, 4) is 39.1 Å². The third kappa shape index (κ3) is 6.11. The van der Waals surface area contributed by atoms with Crippen LogP contribution < -0.4 is 20.3 Å². The van der Waals surface area contributed by atoms with E-state index in [-0.39, 0.29) is 11.5 Å². The van der Waals surface area contributed by atoms with E-state index in [9.17, 15) is 9.59 Å². The number of allylic oxidation sites excluding steroid dienone is 1. The van der Waals surface area contributed by atoms with E-state index in [4.69, 9.17) is 26.1 Å². The van der Waals surface area contributed by atoms with E-state index in [1.165, 1.54) is 15.9 Å². The topological polar surface area (TPSA) is 98.6 Å². The molecule has 3 aromatic heterocycles. The van der Waals surface area contributed by atoms with Crippen molar-refractivity contribution in [3.63, 3.8) is 0 Å². The van der Waals surface area contributed by atoms with E-state index in [2.05, 4.69) is 10.3 Å². The van der Waals surface area contributed by atoms with Gasteiger partial charge in [-0.25, -0.2) is 9.97 Å². The Bertz CT molecular complexity index is 1690. The smallest absolute Gasteiger partial charge is 0.265 e. The highest BCUT2D eigenvalue weighted by molar-refractivity contribution is 7.13. The number of hydrogen-bond acceptors (Lipinski definition) is 8. The summed E-state index contributed by atoms with van der Waals surface area (Å²) in [6.45, 7) is 8.71. The third-order valence-corrected chi connectivity index (χ3v) is 7.94. The Hall–Kier alpha value is -3.99. The monoisotopic (exact) mass is 605 g/mol. The fourth-order valence-electron chi connectivity index (χ4n) is 4.75. The Morgan fingerprint density at radius 1 is 1.17 bits per heavy atom. The quantitative estimate of drug-likeness (QED) is 0.281. The molecule has 4 heterocycles. The number of hydrogen-bond donors (Lipinski definition) is 1. The lowest BCUT2D eigenvalue weighted by molar-refractivity contribution is 0.0735. The number of methoxy groups -OCH3 is 1. The highest BCUT2D eigenvalue weighted by atomic mass is 35.5. The minimum absolute atomic E-state index is 0.160. The number of nitrogens with zero attached hydrogens (tertiary/aromatic N) is 4. The number of aromatic nitrogens is 3. The van der Waals surface area contributed by atoms with Gasteiger partial charge in [-0.2, -0.15) is 0 Å². The largest absolute Gasteiger partial charge is 0.494 e. The summed E-state index contributed by atoms with van der Waals surface area (Å²) in [5.74, 6) is 0.900. The number of benzene rings is 1. The van der Waals surface area contributed by atoms with Crippen LogP contribution in [0.3, 0.4) is 0 Å². The Kier molecular flexibility index (Phi) is 9.06. The van der Waals surface area contributed by atoms with E-state index >= 15 is 0 Å². The molecule has 1 aliphatic rings. The van der Waals surface area contributed by atoms with Gasteiger partial charge >= 0.3 is 0 Å². The number of amides is 1. The second-order valence-corrected chi connectivity index (χ2v) is 11.2. The molecule has 0 atom stereocenters. The lowest BCUT2D eigenvalue weighted by atomic mass is 10.0. The lowest BCUT2D eigenvalue weighted by Gasteiger charge is -2.29. The van der Waals surface area contributed by atoms with Crippen LogP contribution in [0.25, 0.3) is 33.6 Å². The molecule has 9 nitrogen and oxygen atoms in total. The predicted octanol–water partition coefficient (Wildman–Crippen LogP) is 5.55. The molecular formula is C31H32ClN5O4S. The Morgan fingerprint density at radius 3 is 2.62 bits per heavy atom. The Balaban J connectivity index is 1.76. The molecule has 0 bridgehead atoms. The number of piperazine rings is 1. The average molecular weight is 606 g/mol. The number of halogens is 1. The van der Waals surface area contributed by atoms with Gasteiger partial charge in [-0.1, -0.05) is 17.2 Å². The van der Waals surface area contributed by atoms with E-state index in [0.717, 1.165) is 11.1 Å². The molecule has 1 fully saturated rings. The molecule has 11 heteroatoms. The molecule has 1 aromatic carbocycles. The van der Waals surface area contributed by atoms with Crippen LogP contribution >= 0.6 is 22.9 Å². The number of thiazole rings is 1. The number of pyridine rings is 2. The number of rotatable bonds is 8. The van der Waals surface area contributed by atoms with Gasteiger partial charge in [-0.3, -0.25) is 14.2 Å². The van der Waals surface area contributed by atoms with E-state index in [1.54, 1.807) is 48.5 Å². The molecule has 0 aliphatic carbocycles. The van der Waals surface area contributed by atoms with Crippen molar-refractivity contribution >= 4 is 34.9 Å². The van der Waals surface area contributed by atoms with Gasteiger partial charge in [-0.15, -0.1) is 11.3 Å². The molecule has 5 rings (SSSR count). The molecule has 1 N–H and O–H groups in total. The van der Waals surface area contributed by atoms with Gasteiger partial charge in [0.25, 0.3) is 11.5 Å². The summed E-state index contributed by atoms with van der Waals surface area (Å²) in [6, 6.07) is 10.5. The summed E-state index contributed by atoms with van der Waals surface area (Å²) in [4.78, 5) is 39.4. The highest BCUT2D eigenvalue weighted by Crippen LogP contribution is 2.32. The first-order chi connectivity index (χ1) is 20.3. The fourth-order valence-corrected chi connectivity index (χ4v) is 5.79. The van der Waals surface area contributed by atoms with Crippen molar-refractivity contribution in [1.82, 2.24) is 24.8 Å². The van der Waals surface area contributed by atoms with Gasteiger partial charge in [0.1, 0.15) is 10.8 Å². The van der Waals surface area contributed by atoms with Crippen LogP contribution in [-0.4, -0.2) is 65.2 Å². The minimum Gasteiger partial charge on any atom is -0.494 e. The van der Waals surface area contributed by atoms with Gasteiger partial charge in [0.15, 0.2) is 0 Å². The van der Waals surface area contributed by atoms with Crippen molar-refractivity contribution in [3.05, 3.63) is 80.2 Å². The average Bonchev–Trinajstić information content (AvgIpc) is 3.49. The molecule has 0 radical (unpaired) electrons. The van der Waals surface area contributed by atoms with Crippen LogP contribution in [0.2, 0.25) is 5.02 Å². The molecule has 0 spiro atoms. The Morgan fingerprint density at radius 2 is 1.95 bits per heavy atom. The SMILES string of the molecule is CCOc1ccc(Cl)c(-n2c(C=C(C)C)c(C(=O)N3CCNCC3)cc(-c3nc(-c4ccc(OC)nc4)cs3)c2=O)c1. The fraction of sp³-hybridized carbons (Fsp3) is 0.290. The van der Waals surface area contributed by atoms with Gasteiger partial charge in [0.05, 0.1) is 46.9 Å². The van der Waals surface area contributed by atoms with Crippen LogP contribution in [0.1, 0.15) is 36.8 Å². The maximum atomic E-state index is 14.4. The van der Waals surface area contributed by atoms with Gasteiger partial charge < -0.3 is 19.7 Å². The maximum Gasteiger partial charge on any atom is 0.265 e. The zero-order valence-electron chi connectivity index (χ0n) is 23.9. The predicted molar refractivity (Wildman–Crippen MR) is 167 cm³/mol. The molecule has 4 aromatic rings. The molecule has 0 unspecified atom stereocenters. The molecule has 0 saturated carbocycles. The summed E-state index contributed by atoms with van der Waals surface area (Å²) >= 11 is 8.05. The van der Waals surface area contributed by atoms with Crippen molar-refractivity contribution in [1.29, 1.82) is 0 Å². The summed E-state index contributed by atoms with van der Waals surface area (Å²) in [7, 11) is 1.56. The van der Waals surface area contributed by atoms with Crippen molar-refractivity contribution in [2.24, 2.45) is 0 Å². The maximum absolute atomic E-state index is 14.4. The van der Waals surface area contributed by atoms with Gasteiger partial charge in [0.2, 0.25) is 5.88 Å². The third-order valence-electron chi connectivity index (χ3n) is 6.74. The summed E-state index contributed by atoms with van der Waals surface area (Å²) < 4.78 is 12.4. The summed E-state index contributed by atoms with van der Waals surface area (Å²) in [5, 5.41) is 5.99. The van der Waals surface area contributed by atoms with Crippen LogP contribution in [-0.2, 0) is 0 Å². The summed E-state index contributed by atoms with van der Waals surface area (Å²) in [6.07, 6.45) is 3.52. The second kappa shape index (κ2) is 12.9. The molecule has 218 valence electrons. The number of carbonyl (C=O) groups is 1. The number of carbonyl (C=O) groups excluding carboxylic acids is 1. The molecular weight excluding hydrogens is 574 g/mol. The first-order valence-corrected chi connectivity index (χ1v) is 14.9. The van der Waals surface area contributed by atoms with Crippen LogP contribution in [0.5, 0.6) is 11.6 Å². The zero-order valence-corrected chi connectivity index (χ0v) is 25.5. The highest BCUT2D eigenvalue weighted by Gasteiger charge is 2.27. The van der Waals surface area contributed by atoms with Crippen molar-refractivity contribution in [2.45, 2.75) is 20.8 Å². The number of ether oxygens (including phenoxy) is 2.